The smallest absolute Gasteiger partial charge is 0.225 e. The summed E-state index contributed by atoms with van der Waals surface area (Å²) < 4.78 is 5.91. The van der Waals surface area contributed by atoms with Gasteiger partial charge in [0.05, 0.1) is 25.2 Å². The van der Waals surface area contributed by atoms with Gasteiger partial charge in [-0.3, -0.25) is 9.59 Å². The van der Waals surface area contributed by atoms with Gasteiger partial charge in [-0.15, -0.1) is 0 Å². The number of nitrogens with one attached hydrogen (secondary N) is 1. The van der Waals surface area contributed by atoms with E-state index in [4.69, 9.17) is 4.74 Å². The summed E-state index contributed by atoms with van der Waals surface area (Å²) in [7, 11) is 0. The van der Waals surface area contributed by atoms with E-state index in [1.54, 1.807) is 0 Å². The van der Waals surface area contributed by atoms with Crippen LogP contribution in [0.1, 0.15) is 36.8 Å². The zero-order valence-electron chi connectivity index (χ0n) is 16.0. The van der Waals surface area contributed by atoms with Crippen LogP contribution in [0.25, 0.3) is 0 Å². The number of fused-ring (bicyclic) bond motifs is 1. The Labute approximate surface area is 165 Å². The minimum absolute atomic E-state index is 0.0319. The fourth-order valence-electron chi connectivity index (χ4n) is 4.10. The minimum Gasteiger partial charge on any atom is -0.394 e. The highest BCUT2D eigenvalue weighted by molar-refractivity contribution is 5.80. The number of hydrogen-bond acceptors (Lipinski definition) is 4. The van der Waals surface area contributed by atoms with Crippen LogP contribution in [0.15, 0.2) is 36.4 Å². The van der Waals surface area contributed by atoms with Crippen molar-refractivity contribution in [2.45, 2.75) is 56.9 Å². The molecule has 1 aromatic rings. The van der Waals surface area contributed by atoms with E-state index in [-0.39, 0.29) is 42.9 Å². The van der Waals surface area contributed by atoms with Gasteiger partial charge in [-0.05, 0) is 30.4 Å². The molecule has 2 amide bonds. The first-order valence-electron chi connectivity index (χ1n) is 10.2. The van der Waals surface area contributed by atoms with Crippen molar-refractivity contribution < 1.29 is 19.4 Å². The molecular weight excluding hydrogens is 356 g/mol. The van der Waals surface area contributed by atoms with Gasteiger partial charge in [0.25, 0.3) is 0 Å². The van der Waals surface area contributed by atoms with Crippen molar-refractivity contribution in [1.29, 1.82) is 0 Å². The van der Waals surface area contributed by atoms with E-state index >= 15 is 0 Å². The summed E-state index contributed by atoms with van der Waals surface area (Å²) in [6.07, 6.45) is 6.90. The number of carbonyl (C=O) groups is 2. The Morgan fingerprint density at radius 2 is 1.96 bits per heavy atom. The maximum atomic E-state index is 12.7. The van der Waals surface area contributed by atoms with Crippen molar-refractivity contribution in [3.8, 4) is 0 Å². The molecule has 0 spiro atoms. The molecular formula is C22H28N2O4. The Kier molecular flexibility index (Phi) is 5.78. The van der Waals surface area contributed by atoms with E-state index in [1.807, 2.05) is 29.2 Å². The third kappa shape index (κ3) is 4.13. The molecule has 0 bridgehead atoms. The number of hydrogen-bond donors (Lipinski definition) is 2. The van der Waals surface area contributed by atoms with E-state index in [1.165, 1.54) is 11.1 Å². The lowest BCUT2D eigenvalue weighted by Gasteiger charge is -2.35. The lowest BCUT2D eigenvalue weighted by Crippen LogP contribution is -2.51. The van der Waals surface area contributed by atoms with Crippen LogP contribution in [0, 0.1) is 5.92 Å². The second-order valence-electron chi connectivity index (χ2n) is 7.98. The highest BCUT2D eigenvalue weighted by atomic mass is 16.5. The van der Waals surface area contributed by atoms with Crippen molar-refractivity contribution in [2.75, 3.05) is 13.2 Å². The van der Waals surface area contributed by atoms with Gasteiger partial charge in [-0.1, -0.05) is 42.8 Å². The zero-order valence-corrected chi connectivity index (χ0v) is 16.0. The largest absolute Gasteiger partial charge is 0.394 e. The Morgan fingerprint density at radius 1 is 1.18 bits per heavy atom. The predicted molar refractivity (Wildman–Crippen MR) is 104 cm³/mol. The molecule has 2 N–H and O–H groups in total. The summed E-state index contributed by atoms with van der Waals surface area (Å²) in [5.41, 5.74) is 2.51. The minimum atomic E-state index is -0.520. The first-order chi connectivity index (χ1) is 13.6. The van der Waals surface area contributed by atoms with Crippen LogP contribution >= 0.6 is 0 Å². The molecule has 3 aliphatic rings. The molecule has 1 fully saturated rings. The van der Waals surface area contributed by atoms with Crippen LogP contribution in [0.5, 0.6) is 0 Å². The van der Waals surface area contributed by atoms with Gasteiger partial charge >= 0.3 is 0 Å². The summed E-state index contributed by atoms with van der Waals surface area (Å²) in [6.45, 7) is 1.16. The topological polar surface area (TPSA) is 78.9 Å². The molecule has 2 aliphatic heterocycles. The number of benzene rings is 1. The SMILES string of the molecule is O=C(N[C@@H]1C=C[C@@H](CC(=O)N2CCc3ccccc3C2)O[C@H]1CO)C1CCC1. The lowest BCUT2D eigenvalue weighted by atomic mass is 9.84. The molecule has 0 radical (unpaired) electrons. The highest BCUT2D eigenvalue weighted by Crippen LogP contribution is 2.27. The summed E-state index contributed by atoms with van der Waals surface area (Å²) >= 11 is 0. The summed E-state index contributed by atoms with van der Waals surface area (Å²) in [6, 6.07) is 7.89. The molecule has 0 aromatic heterocycles. The average molecular weight is 384 g/mol. The van der Waals surface area contributed by atoms with Crippen molar-refractivity contribution in [3.63, 3.8) is 0 Å². The second-order valence-corrected chi connectivity index (χ2v) is 7.98. The van der Waals surface area contributed by atoms with E-state index in [9.17, 15) is 14.7 Å². The third-order valence-corrected chi connectivity index (χ3v) is 6.11. The molecule has 2 heterocycles. The number of amides is 2. The molecule has 3 atom stereocenters. The predicted octanol–water partition coefficient (Wildman–Crippen LogP) is 1.56. The second kappa shape index (κ2) is 8.45. The van der Waals surface area contributed by atoms with E-state index in [0.29, 0.717) is 6.54 Å². The Balaban J connectivity index is 1.33. The molecule has 0 unspecified atom stereocenters. The van der Waals surface area contributed by atoms with Gasteiger partial charge in [0.1, 0.15) is 6.10 Å². The number of ether oxygens (including phenoxy) is 1. The molecule has 4 rings (SSSR count). The van der Waals surface area contributed by atoms with E-state index < -0.39 is 6.10 Å². The van der Waals surface area contributed by atoms with E-state index in [2.05, 4.69) is 17.4 Å². The van der Waals surface area contributed by atoms with Crippen molar-refractivity contribution in [3.05, 3.63) is 47.5 Å². The van der Waals surface area contributed by atoms with Crippen LogP contribution in [-0.4, -0.2) is 53.2 Å². The third-order valence-electron chi connectivity index (χ3n) is 6.11. The molecule has 1 aromatic carbocycles. The van der Waals surface area contributed by atoms with Gasteiger partial charge in [-0.2, -0.15) is 0 Å². The summed E-state index contributed by atoms with van der Waals surface area (Å²) in [5.74, 6) is 0.177. The van der Waals surface area contributed by atoms with Crippen molar-refractivity contribution in [2.24, 2.45) is 5.92 Å². The fraction of sp³-hybridized carbons (Fsp3) is 0.545. The molecule has 1 saturated carbocycles. The number of rotatable bonds is 5. The van der Waals surface area contributed by atoms with Crippen LogP contribution in [0.4, 0.5) is 0 Å². The maximum absolute atomic E-state index is 12.7. The first-order valence-corrected chi connectivity index (χ1v) is 10.2. The standard InChI is InChI=1S/C22H28N2O4/c25-14-20-19(23-22(27)16-6-3-7-16)9-8-18(28-20)12-21(26)24-11-10-15-4-1-2-5-17(15)13-24/h1-2,4-5,8-9,16,18-20,25H,3,6-7,10-14H2,(H,23,27)/t18-,19+,20-/m0/s1. The molecule has 0 saturated heterocycles. The van der Waals surface area contributed by atoms with Crippen molar-refractivity contribution >= 4 is 11.8 Å². The first kappa shape index (κ1) is 19.2. The normalized spacial score (nSPS) is 27.0. The Morgan fingerprint density at radius 3 is 2.68 bits per heavy atom. The molecule has 1 aliphatic carbocycles. The van der Waals surface area contributed by atoms with Crippen LogP contribution in [0.3, 0.4) is 0 Å². The van der Waals surface area contributed by atoms with Gasteiger partial charge in [-0.25, -0.2) is 0 Å². The Bertz CT molecular complexity index is 759. The monoisotopic (exact) mass is 384 g/mol. The lowest BCUT2D eigenvalue weighted by molar-refractivity contribution is -0.138. The number of carbonyl (C=O) groups excluding carboxylic acids is 2. The zero-order chi connectivity index (χ0) is 19.5. The quantitative estimate of drug-likeness (QED) is 0.756. The highest BCUT2D eigenvalue weighted by Gasteiger charge is 2.33. The van der Waals surface area contributed by atoms with Gasteiger partial charge in [0.2, 0.25) is 11.8 Å². The van der Waals surface area contributed by atoms with E-state index in [0.717, 1.165) is 32.2 Å². The Hall–Kier alpha value is -2.18. The molecule has 6 heteroatoms. The fourth-order valence-corrected chi connectivity index (χ4v) is 4.10. The summed E-state index contributed by atoms with van der Waals surface area (Å²) in [5, 5.41) is 12.7. The molecule has 28 heavy (non-hydrogen) atoms. The van der Waals surface area contributed by atoms with Crippen LogP contribution in [-0.2, 0) is 27.3 Å². The van der Waals surface area contributed by atoms with Gasteiger partial charge in [0, 0.05) is 19.0 Å². The number of aliphatic hydroxyl groups is 1. The van der Waals surface area contributed by atoms with Crippen LogP contribution in [0.2, 0.25) is 0 Å². The van der Waals surface area contributed by atoms with Gasteiger partial charge in [0.15, 0.2) is 0 Å². The summed E-state index contributed by atoms with van der Waals surface area (Å²) in [4.78, 5) is 26.8. The maximum Gasteiger partial charge on any atom is 0.225 e. The molecule has 6 nitrogen and oxygen atoms in total. The molecule has 150 valence electrons. The number of nitrogens with zero attached hydrogens (tertiary/aromatic N) is 1. The van der Waals surface area contributed by atoms with Crippen molar-refractivity contribution in [1.82, 2.24) is 10.2 Å². The van der Waals surface area contributed by atoms with Gasteiger partial charge < -0.3 is 20.1 Å². The number of aliphatic hydroxyl groups excluding tert-OH is 1. The average Bonchev–Trinajstić information content (AvgIpc) is 2.67. The van der Waals surface area contributed by atoms with Crippen LogP contribution < -0.4 is 5.32 Å².